The van der Waals surface area contributed by atoms with Crippen LogP contribution < -0.4 is 10.4 Å². The van der Waals surface area contributed by atoms with E-state index < -0.39 is 0 Å². The molecule has 0 spiro atoms. The van der Waals surface area contributed by atoms with Crippen molar-refractivity contribution in [2.45, 2.75) is 0 Å². The molecule has 0 aliphatic rings. The Hall–Kier alpha value is -1.39. The van der Waals surface area contributed by atoms with E-state index in [-0.39, 0.29) is 5.69 Å². The number of aromatic nitrogens is 3. The fourth-order valence-corrected chi connectivity index (χ4v) is 0.504. The van der Waals surface area contributed by atoms with Crippen LogP contribution in [0.5, 0.6) is 5.88 Å². The van der Waals surface area contributed by atoms with Crippen LogP contribution in [0.4, 0.5) is 0 Å². The van der Waals surface area contributed by atoms with Crippen molar-refractivity contribution in [2.24, 2.45) is 7.05 Å². The lowest BCUT2D eigenvalue weighted by molar-refractivity contribution is 0.377. The van der Waals surface area contributed by atoms with Crippen molar-refractivity contribution in [1.82, 2.24) is 14.8 Å². The summed E-state index contributed by atoms with van der Waals surface area (Å²) in [5.41, 5.74) is -0.388. The Kier molecular flexibility index (Phi) is 1.66. The molecular weight excluding hydrogens is 134 g/mol. The summed E-state index contributed by atoms with van der Waals surface area (Å²) >= 11 is 0. The van der Waals surface area contributed by atoms with E-state index in [4.69, 9.17) is 4.74 Å². The quantitative estimate of drug-likeness (QED) is 0.513. The zero-order valence-corrected chi connectivity index (χ0v) is 5.74. The normalized spacial score (nSPS) is 9.40. The van der Waals surface area contributed by atoms with E-state index >= 15 is 0 Å². The molecule has 0 atom stereocenters. The van der Waals surface area contributed by atoms with Crippen LogP contribution in [0.1, 0.15) is 0 Å². The minimum atomic E-state index is -0.388. The highest BCUT2D eigenvalue weighted by atomic mass is 16.5. The van der Waals surface area contributed by atoms with Gasteiger partial charge in [0.05, 0.1) is 13.3 Å². The van der Waals surface area contributed by atoms with Gasteiger partial charge in [0, 0.05) is 7.05 Å². The van der Waals surface area contributed by atoms with E-state index in [9.17, 15) is 4.79 Å². The Labute approximate surface area is 57.3 Å². The first-order valence-corrected chi connectivity index (χ1v) is 2.68. The first-order valence-electron chi connectivity index (χ1n) is 2.68. The molecule has 1 aromatic rings. The molecule has 0 saturated heterocycles. The highest BCUT2D eigenvalue weighted by molar-refractivity contribution is 4.97. The van der Waals surface area contributed by atoms with Gasteiger partial charge in [-0.3, -0.25) is 0 Å². The second-order valence-corrected chi connectivity index (χ2v) is 1.71. The predicted molar refractivity (Wildman–Crippen MR) is 33.8 cm³/mol. The maximum absolute atomic E-state index is 10.6. The van der Waals surface area contributed by atoms with E-state index in [2.05, 4.69) is 10.1 Å². The molecule has 5 nitrogen and oxygen atoms in total. The third-order valence-corrected chi connectivity index (χ3v) is 1.02. The molecule has 0 aliphatic carbocycles. The third kappa shape index (κ3) is 1.12. The highest BCUT2D eigenvalue weighted by Crippen LogP contribution is 1.94. The maximum atomic E-state index is 10.6. The second kappa shape index (κ2) is 2.47. The van der Waals surface area contributed by atoms with Crippen LogP contribution in [-0.4, -0.2) is 21.9 Å². The molecule has 1 heterocycles. The van der Waals surface area contributed by atoms with Crippen LogP contribution in [0.3, 0.4) is 0 Å². The van der Waals surface area contributed by atoms with Crippen LogP contribution >= 0.6 is 0 Å². The fraction of sp³-hybridized carbons (Fsp3) is 0.400. The first kappa shape index (κ1) is 6.73. The molecule has 0 unspecified atom stereocenters. The third-order valence-electron chi connectivity index (χ3n) is 1.02. The molecule has 10 heavy (non-hydrogen) atoms. The molecular formula is C5H7N3O2. The van der Waals surface area contributed by atoms with E-state index in [1.807, 2.05) is 0 Å². The van der Waals surface area contributed by atoms with Crippen molar-refractivity contribution >= 4 is 0 Å². The van der Waals surface area contributed by atoms with Crippen molar-refractivity contribution in [3.8, 4) is 5.88 Å². The Balaban J connectivity index is 3.17. The summed E-state index contributed by atoms with van der Waals surface area (Å²) in [6.07, 6.45) is 1.28. The molecule has 0 amide bonds. The lowest BCUT2D eigenvalue weighted by Gasteiger charge is -1.97. The lowest BCUT2D eigenvalue weighted by Crippen LogP contribution is -2.21. The van der Waals surface area contributed by atoms with Crippen LogP contribution in [0.25, 0.3) is 0 Å². The number of nitrogens with zero attached hydrogens (tertiary/aromatic N) is 3. The molecule has 0 aliphatic heterocycles. The van der Waals surface area contributed by atoms with Gasteiger partial charge >= 0.3 is 5.69 Å². The molecule has 0 bridgehead atoms. The standard InChI is InChI=1S/C5H7N3O2/c1-8-5(9)6-3-4(7-8)10-2/h3H,1-2H3. The molecule has 1 aromatic heterocycles. The van der Waals surface area contributed by atoms with Gasteiger partial charge < -0.3 is 4.74 Å². The van der Waals surface area contributed by atoms with Gasteiger partial charge in [-0.1, -0.05) is 0 Å². The van der Waals surface area contributed by atoms with Crippen LogP contribution in [0, 0.1) is 0 Å². The summed E-state index contributed by atoms with van der Waals surface area (Å²) in [4.78, 5) is 14.1. The van der Waals surface area contributed by atoms with E-state index in [0.29, 0.717) is 5.88 Å². The Morgan fingerprint density at radius 1 is 1.70 bits per heavy atom. The average molecular weight is 141 g/mol. The molecule has 0 aromatic carbocycles. The summed E-state index contributed by atoms with van der Waals surface area (Å²) in [5.74, 6) is 0.335. The van der Waals surface area contributed by atoms with Gasteiger partial charge in [-0.25, -0.2) is 9.48 Å². The molecule has 0 radical (unpaired) electrons. The van der Waals surface area contributed by atoms with Gasteiger partial charge in [0.1, 0.15) is 0 Å². The van der Waals surface area contributed by atoms with E-state index in [1.54, 1.807) is 0 Å². The van der Waals surface area contributed by atoms with Gasteiger partial charge in [0.15, 0.2) is 0 Å². The number of hydrogen-bond donors (Lipinski definition) is 0. The molecule has 5 heteroatoms. The minimum absolute atomic E-state index is 0.335. The minimum Gasteiger partial charge on any atom is -0.479 e. The molecule has 0 saturated carbocycles. The number of rotatable bonds is 1. The monoisotopic (exact) mass is 141 g/mol. The SMILES string of the molecule is COc1cnc(=O)n(C)n1. The smallest absolute Gasteiger partial charge is 0.363 e. The zero-order chi connectivity index (χ0) is 7.56. The van der Waals surface area contributed by atoms with Crippen molar-refractivity contribution in [3.05, 3.63) is 16.7 Å². The Morgan fingerprint density at radius 2 is 2.40 bits per heavy atom. The fourth-order valence-electron chi connectivity index (χ4n) is 0.504. The van der Waals surface area contributed by atoms with Crippen molar-refractivity contribution in [3.63, 3.8) is 0 Å². The summed E-state index contributed by atoms with van der Waals surface area (Å²) in [6, 6.07) is 0. The summed E-state index contributed by atoms with van der Waals surface area (Å²) in [6.45, 7) is 0. The lowest BCUT2D eigenvalue weighted by atomic mass is 10.8. The predicted octanol–water partition coefficient (Wildman–Crippen LogP) is -0.816. The topological polar surface area (TPSA) is 57.0 Å². The molecule has 54 valence electrons. The van der Waals surface area contributed by atoms with Gasteiger partial charge in [-0.2, -0.15) is 4.98 Å². The van der Waals surface area contributed by atoms with Gasteiger partial charge in [-0.05, 0) is 0 Å². The van der Waals surface area contributed by atoms with Crippen LogP contribution in [0.15, 0.2) is 11.0 Å². The summed E-state index contributed by atoms with van der Waals surface area (Å²) in [5, 5.41) is 3.71. The summed E-state index contributed by atoms with van der Waals surface area (Å²) in [7, 11) is 2.98. The number of hydrogen-bond acceptors (Lipinski definition) is 4. The number of aryl methyl sites for hydroxylation is 1. The highest BCUT2D eigenvalue weighted by Gasteiger charge is 1.94. The molecule has 0 N–H and O–H groups in total. The zero-order valence-electron chi connectivity index (χ0n) is 5.74. The Bertz CT molecular complexity index is 280. The first-order chi connectivity index (χ1) is 4.74. The van der Waals surface area contributed by atoms with Crippen molar-refractivity contribution in [2.75, 3.05) is 7.11 Å². The van der Waals surface area contributed by atoms with Gasteiger partial charge in [0.2, 0.25) is 5.88 Å². The Morgan fingerprint density at radius 3 is 2.90 bits per heavy atom. The number of methoxy groups -OCH3 is 1. The molecule has 0 fully saturated rings. The van der Waals surface area contributed by atoms with Gasteiger partial charge in [-0.15, -0.1) is 5.10 Å². The molecule has 1 rings (SSSR count). The van der Waals surface area contributed by atoms with Crippen LogP contribution in [0.2, 0.25) is 0 Å². The van der Waals surface area contributed by atoms with Crippen molar-refractivity contribution < 1.29 is 4.74 Å². The second-order valence-electron chi connectivity index (χ2n) is 1.71. The average Bonchev–Trinajstić information content (AvgIpc) is 1.95. The summed E-state index contributed by atoms with van der Waals surface area (Å²) < 4.78 is 5.83. The van der Waals surface area contributed by atoms with Crippen LogP contribution in [-0.2, 0) is 7.05 Å². The van der Waals surface area contributed by atoms with Gasteiger partial charge in [0.25, 0.3) is 0 Å². The maximum Gasteiger partial charge on any atom is 0.363 e. The van der Waals surface area contributed by atoms with E-state index in [0.717, 1.165) is 4.68 Å². The number of ether oxygens (including phenoxy) is 1. The largest absolute Gasteiger partial charge is 0.479 e. The van der Waals surface area contributed by atoms with E-state index in [1.165, 1.54) is 20.4 Å². The van der Waals surface area contributed by atoms with Crippen molar-refractivity contribution in [1.29, 1.82) is 0 Å².